The largest absolute Gasteiger partial charge is 0.508 e. The zero-order chi connectivity index (χ0) is 13.4. The van der Waals surface area contributed by atoms with Gasteiger partial charge in [0.25, 0.3) is 0 Å². The number of rotatable bonds is 1. The third kappa shape index (κ3) is 1.93. The Morgan fingerprint density at radius 1 is 1.05 bits per heavy atom. The number of para-hydroxylation sites is 1. The highest BCUT2D eigenvalue weighted by molar-refractivity contribution is 6.14. The number of allylic oxidation sites excluding steroid dienone is 1. The van der Waals surface area contributed by atoms with Gasteiger partial charge in [0.15, 0.2) is 5.76 Å². The molecular formula is C15H10O4. The van der Waals surface area contributed by atoms with Crippen LogP contribution in [0.3, 0.4) is 0 Å². The lowest BCUT2D eigenvalue weighted by Crippen LogP contribution is -1.98. The molecule has 0 aromatic heterocycles. The maximum atomic E-state index is 12.1. The van der Waals surface area contributed by atoms with Crippen molar-refractivity contribution in [2.75, 3.05) is 0 Å². The summed E-state index contributed by atoms with van der Waals surface area (Å²) in [6.07, 6.45) is 1.48. The Kier molecular flexibility index (Phi) is 2.49. The van der Waals surface area contributed by atoms with E-state index in [1.54, 1.807) is 18.2 Å². The number of hydrogen-bond acceptors (Lipinski definition) is 4. The molecule has 19 heavy (non-hydrogen) atoms. The summed E-state index contributed by atoms with van der Waals surface area (Å²) in [6, 6.07) is 11.0. The number of fused-ring (bicyclic) bond motifs is 1. The second-order valence-electron chi connectivity index (χ2n) is 4.18. The number of carbonyl (C=O) groups is 1. The molecule has 0 amide bonds. The van der Waals surface area contributed by atoms with E-state index in [1.165, 1.54) is 30.3 Å². The first-order valence-corrected chi connectivity index (χ1v) is 5.70. The van der Waals surface area contributed by atoms with Gasteiger partial charge >= 0.3 is 0 Å². The molecule has 0 spiro atoms. The highest BCUT2D eigenvalue weighted by Gasteiger charge is 2.27. The summed E-state index contributed by atoms with van der Waals surface area (Å²) in [5.74, 6) is 0.311. The van der Waals surface area contributed by atoms with Crippen LogP contribution < -0.4 is 4.74 Å². The number of ketones is 1. The molecule has 2 N–H and O–H groups in total. The summed E-state index contributed by atoms with van der Waals surface area (Å²) < 4.78 is 5.42. The number of phenolic OH excluding ortho intramolecular Hbond substituents is 2. The number of carbonyl (C=O) groups excluding carboxylic acids is 1. The van der Waals surface area contributed by atoms with Gasteiger partial charge in [-0.25, -0.2) is 0 Å². The molecule has 0 saturated heterocycles. The van der Waals surface area contributed by atoms with Gasteiger partial charge < -0.3 is 14.9 Å². The normalized spacial score (nSPS) is 15.4. The predicted molar refractivity (Wildman–Crippen MR) is 69.1 cm³/mol. The molecule has 4 nitrogen and oxygen atoms in total. The van der Waals surface area contributed by atoms with Crippen molar-refractivity contribution in [2.24, 2.45) is 0 Å². The second-order valence-corrected chi connectivity index (χ2v) is 4.18. The van der Waals surface area contributed by atoms with Crippen molar-refractivity contribution in [1.82, 2.24) is 0 Å². The molecule has 3 rings (SSSR count). The monoisotopic (exact) mass is 254 g/mol. The molecule has 1 aliphatic rings. The minimum Gasteiger partial charge on any atom is -0.508 e. The van der Waals surface area contributed by atoms with Crippen molar-refractivity contribution in [2.45, 2.75) is 0 Å². The van der Waals surface area contributed by atoms with Crippen LogP contribution in [0.15, 0.2) is 48.2 Å². The molecular weight excluding hydrogens is 244 g/mol. The maximum Gasteiger partial charge on any atom is 0.232 e. The predicted octanol–water partition coefficient (Wildman–Crippen LogP) is 2.71. The Morgan fingerprint density at radius 3 is 2.63 bits per heavy atom. The molecule has 0 unspecified atom stereocenters. The van der Waals surface area contributed by atoms with Gasteiger partial charge in [0.05, 0.1) is 5.56 Å². The maximum absolute atomic E-state index is 12.1. The van der Waals surface area contributed by atoms with E-state index in [9.17, 15) is 15.0 Å². The number of aromatic hydroxyl groups is 2. The van der Waals surface area contributed by atoms with Crippen LogP contribution in [-0.2, 0) is 0 Å². The van der Waals surface area contributed by atoms with Gasteiger partial charge in [-0.05, 0) is 30.3 Å². The average molecular weight is 254 g/mol. The Hall–Kier alpha value is -2.75. The zero-order valence-corrected chi connectivity index (χ0v) is 9.83. The fraction of sp³-hybridized carbons (Fsp3) is 0. The molecule has 2 aromatic carbocycles. The van der Waals surface area contributed by atoms with Crippen molar-refractivity contribution in [1.29, 1.82) is 0 Å². The summed E-state index contributed by atoms with van der Waals surface area (Å²) in [5, 5.41) is 19.0. The molecule has 4 heteroatoms. The molecule has 0 radical (unpaired) electrons. The van der Waals surface area contributed by atoms with E-state index in [1.807, 2.05) is 0 Å². The topological polar surface area (TPSA) is 66.8 Å². The van der Waals surface area contributed by atoms with Crippen molar-refractivity contribution in [3.63, 3.8) is 0 Å². The summed E-state index contributed by atoms with van der Waals surface area (Å²) >= 11 is 0. The van der Waals surface area contributed by atoms with Gasteiger partial charge in [-0.15, -0.1) is 0 Å². The summed E-state index contributed by atoms with van der Waals surface area (Å²) in [6.45, 7) is 0. The molecule has 1 heterocycles. The first-order chi connectivity index (χ1) is 9.15. The van der Waals surface area contributed by atoms with Gasteiger partial charge in [-0.1, -0.05) is 18.2 Å². The van der Waals surface area contributed by atoms with Crippen LogP contribution in [0, 0.1) is 0 Å². The van der Waals surface area contributed by atoms with E-state index in [0.717, 1.165) is 0 Å². The van der Waals surface area contributed by atoms with E-state index < -0.39 is 0 Å². The van der Waals surface area contributed by atoms with E-state index >= 15 is 0 Å². The molecule has 0 aliphatic carbocycles. The van der Waals surface area contributed by atoms with Crippen LogP contribution in [0.5, 0.6) is 17.2 Å². The van der Waals surface area contributed by atoms with Crippen molar-refractivity contribution in [3.05, 3.63) is 59.4 Å². The minimum atomic E-state index is -0.311. The van der Waals surface area contributed by atoms with Gasteiger partial charge in [0.2, 0.25) is 5.78 Å². The quantitative estimate of drug-likeness (QED) is 0.768. The molecule has 1 aliphatic heterocycles. The van der Waals surface area contributed by atoms with Crippen molar-refractivity contribution in [3.8, 4) is 17.2 Å². The van der Waals surface area contributed by atoms with Gasteiger partial charge in [0, 0.05) is 5.56 Å². The lowest BCUT2D eigenvalue weighted by atomic mass is 10.1. The fourth-order valence-electron chi connectivity index (χ4n) is 1.93. The molecule has 94 valence electrons. The van der Waals surface area contributed by atoms with Crippen LogP contribution in [0.2, 0.25) is 0 Å². The second kappa shape index (κ2) is 4.17. The third-order valence-corrected chi connectivity index (χ3v) is 2.87. The Labute approximate surface area is 109 Å². The molecule has 2 aromatic rings. The summed E-state index contributed by atoms with van der Waals surface area (Å²) in [7, 11) is 0. The van der Waals surface area contributed by atoms with E-state index in [0.29, 0.717) is 16.9 Å². The van der Waals surface area contributed by atoms with Gasteiger partial charge in [-0.2, -0.15) is 0 Å². The number of Topliss-reactive ketones (excluding diaryl/α,β-unsaturated/α-hetero) is 1. The fourth-order valence-corrected chi connectivity index (χ4v) is 1.93. The Morgan fingerprint density at radius 2 is 1.84 bits per heavy atom. The lowest BCUT2D eigenvalue weighted by molar-refractivity contribution is 0.101. The highest BCUT2D eigenvalue weighted by atomic mass is 16.5. The Balaban J connectivity index is 2.03. The number of hydrogen-bond donors (Lipinski definition) is 2. The Bertz CT molecular complexity index is 701. The standard InChI is InChI=1S/C15H10O4/c16-10-5-6-13-11(8-10)15(18)14(19-13)7-9-3-1-2-4-12(9)17/h1-8,16-17H/b14-7+. The lowest BCUT2D eigenvalue weighted by Gasteiger charge is -2.00. The van der Waals surface area contributed by atoms with Crippen LogP contribution in [0.1, 0.15) is 15.9 Å². The molecule has 0 bridgehead atoms. The van der Waals surface area contributed by atoms with Crippen LogP contribution in [0.25, 0.3) is 6.08 Å². The summed E-state index contributed by atoms with van der Waals surface area (Å²) in [4.78, 5) is 12.1. The SMILES string of the molecule is O=C1/C(=C\c2ccccc2O)Oc2ccc(O)cc21. The van der Waals surface area contributed by atoms with Crippen molar-refractivity contribution >= 4 is 11.9 Å². The number of ether oxygens (including phenoxy) is 1. The van der Waals surface area contributed by atoms with Crippen LogP contribution in [-0.4, -0.2) is 16.0 Å². The molecule has 0 fully saturated rings. The molecule has 0 saturated carbocycles. The molecule has 0 atom stereocenters. The van der Waals surface area contributed by atoms with Crippen LogP contribution >= 0.6 is 0 Å². The summed E-state index contributed by atoms with van der Waals surface area (Å²) in [5.41, 5.74) is 0.824. The first-order valence-electron chi connectivity index (χ1n) is 5.70. The van der Waals surface area contributed by atoms with Crippen LogP contribution in [0.4, 0.5) is 0 Å². The van der Waals surface area contributed by atoms with Gasteiger partial charge in [0.1, 0.15) is 17.2 Å². The highest BCUT2D eigenvalue weighted by Crippen LogP contribution is 2.34. The smallest absolute Gasteiger partial charge is 0.232 e. The third-order valence-electron chi connectivity index (χ3n) is 2.87. The minimum absolute atomic E-state index is 0.0134. The number of benzene rings is 2. The zero-order valence-electron chi connectivity index (χ0n) is 9.83. The van der Waals surface area contributed by atoms with Gasteiger partial charge in [-0.3, -0.25) is 4.79 Å². The number of phenols is 2. The van der Waals surface area contributed by atoms with E-state index in [4.69, 9.17) is 4.74 Å². The van der Waals surface area contributed by atoms with E-state index in [2.05, 4.69) is 0 Å². The van der Waals surface area contributed by atoms with Crippen molar-refractivity contribution < 1.29 is 19.7 Å². The van der Waals surface area contributed by atoms with E-state index in [-0.39, 0.29) is 23.0 Å². The first kappa shape index (κ1) is 11.3. The average Bonchev–Trinajstić information content (AvgIpc) is 2.70.